The van der Waals surface area contributed by atoms with E-state index in [4.69, 9.17) is 0 Å². The number of hydrogen-bond acceptors (Lipinski definition) is 2. The Morgan fingerprint density at radius 3 is 2.50 bits per heavy atom. The van der Waals surface area contributed by atoms with Crippen molar-refractivity contribution in [2.24, 2.45) is 0 Å². The largest absolute Gasteiger partial charge is 0.479 e. The number of hydrogen-bond donors (Lipinski definition) is 2. The third-order valence-corrected chi connectivity index (χ3v) is 4.20. The number of urea groups is 1. The first-order chi connectivity index (χ1) is 8.43. The Hall–Kier alpha value is -1.26. The minimum Gasteiger partial charge on any atom is -0.479 e. The van der Waals surface area contributed by atoms with Crippen molar-refractivity contribution in [2.75, 3.05) is 6.54 Å². The van der Waals surface area contributed by atoms with E-state index in [0.717, 1.165) is 25.7 Å². The number of amides is 2. The molecule has 0 radical (unpaired) electrons. The normalized spacial score (nSPS) is 29.1. The molecule has 0 aromatic heterocycles. The zero-order chi connectivity index (χ0) is 13.4. The lowest BCUT2D eigenvalue weighted by Gasteiger charge is -2.35. The second-order valence-corrected chi connectivity index (χ2v) is 5.83. The van der Waals surface area contributed by atoms with Gasteiger partial charge in [0.25, 0.3) is 0 Å². The summed E-state index contributed by atoms with van der Waals surface area (Å²) in [5.41, 5.74) is -1.08. The molecule has 1 heterocycles. The van der Waals surface area contributed by atoms with Crippen LogP contribution in [-0.4, -0.2) is 39.6 Å². The molecule has 1 aliphatic carbocycles. The first-order valence-electron chi connectivity index (χ1n) is 6.77. The van der Waals surface area contributed by atoms with Gasteiger partial charge in [-0.2, -0.15) is 0 Å². The topological polar surface area (TPSA) is 69.6 Å². The molecule has 2 N–H and O–H groups in total. The predicted octanol–water partition coefficient (Wildman–Crippen LogP) is 1.97. The predicted molar refractivity (Wildman–Crippen MR) is 67.4 cm³/mol. The summed E-state index contributed by atoms with van der Waals surface area (Å²) in [6.45, 7) is 4.51. The number of nitrogens with one attached hydrogen (secondary N) is 1. The molecule has 2 fully saturated rings. The van der Waals surface area contributed by atoms with Crippen LogP contribution < -0.4 is 5.32 Å². The van der Waals surface area contributed by atoms with Gasteiger partial charge in [0, 0.05) is 12.1 Å². The van der Waals surface area contributed by atoms with Crippen LogP contribution in [-0.2, 0) is 4.79 Å². The van der Waals surface area contributed by atoms with Crippen LogP contribution in [0, 0.1) is 0 Å². The Kier molecular flexibility index (Phi) is 3.25. The number of carboxylic acid groups (broad SMARTS) is 1. The second kappa shape index (κ2) is 4.44. The molecule has 2 rings (SSSR count). The molecular formula is C13H22N2O3. The molecule has 1 aliphatic heterocycles. The Morgan fingerprint density at radius 1 is 1.33 bits per heavy atom. The van der Waals surface area contributed by atoms with Crippen molar-refractivity contribution in [3.63, 3.8) is 0 Å². The van der Waals surface area contributed by atoms with E-state index in [1.54, 1.807) is 4.90 Å². The summed E-state index contributed by atoms with van der Waals surface area (Å²) in [5.74, 6) is -0.863. The highest BCUT2D eigenvalue weighted by atomic mass is 16.4. The molecule has 1 saturated carbocycles. The number of likely N-dealkylation sites (tertiary alicyclic amines) is 1. The van der Waals surface area contributed by atoms with E-state index in [1.165, 1.54) is 0 Å². The van der Waals surface area contributed by atoms with Crippen molar-refractivity contribution in [3.8, 4) is 0 Å². The van der Waals surface area contributed by atoms with Gasteiger partial charge < -0.3 is 15.3 Å². The van der Waals surface area contributed by atoms with E-state index < -0.39 is 11.5 Å². The average Bonchev–Trinajstić information content (AvgIpc) is 2.86. The van der Waals surface area contributed by atoms with E-state index in [0.29, 0.717) is 19.4 Å². The lowest BCUT2D eigenvalue weighted by atomic mass is 9.91. The summed E-state index contributed by atoms with van der Waals surface area (Å²) < 4.78 is 0. The second-order valence-electron chi connectivity index (χ2n) is 5.83. The van der Waals surface area contributed by atoms with Gasteiger partial charge in [0.1, 0.15) is 5.54 Å². The van der Waals surface area contributed by atoms with Gasteiger partial charge in [-0.25, -0.2) is 9.59 Å². The van der Waals surface area contributed by atoms with Crippen LogP contribution in [0.3, 0.4) is 0 Å². The van der Waals surface area contributed by atoms with Gasteiger partial charge in [-0.1, -0.05) is 13.3 Å². The van der Waals surface area contributed by atoms with Crippen LogP contribution in [0.25, 0.3) is 0 Å². The number of aliphatic carboxylic acids is 1. The number of carboxylic acids is 1. The standard InChI is InChI=1S/C13H22N2O3/c1-3-5-13(10(16)17)6-4-9-15(13)11(18)14-12(2)7-8-12/h3-9H2,1-2H3,(H,14,18)(H,16,17). The third kappa shape index (κ3) is 2.18. The molecular weight excluding hydrogens is 232 g/mol. The first kappa shape index (κ1) is 13.2. The molecule has 5 nitrogen and oxygen atoms in total. The van der Waals surface area contributed by atoms with Crippen LogP contribution in [0.15, 0.2) is 0 Å². The minimum atomic E-state index is -0.982. The SMILES string of the molecule is CCCC1(C(=O)O)CCCN1C(=O)NC1(C)CC1. The van der Waals surface area contributed by atoms with Crippen LogP contribution in [0.5, 0.6) is 0 Å². The van der Waals surface area contributed by atoms with Gasteiger partial charge in [0.2, 0.25) is 0 Å². The summed E-state index contributed by atoms with van der Waals surface area (Å²) in [5, 5.41) is 12.5. The number of carbonyl (C=O) groups excluding carboxylic acids is 1. The van der Waals surface area contributed by atoms with Crippen LogP contribution >= 0.6 is 0 Å². The molecule has 2 aliphatic rings. The van der Waals surface area contributed by atoms with Crippen LogP contribution in [0.2, 0.25) is 0 Å². The number of rotatable bonds is 4. The van der Waals surface area contributed by atoms with E-state index >= 15 is 0 Å². The van der Waals surface area contributed by atoms with Crippen molar-refractivity contribution in [1.29, 1.82) is 0 Å². The number of nitrogens with zero attached hydrogens (tertiary/aromatic N) is 1. The van der Waals surface area contributed by atoms with Crippen molar-refractivity contribution in [3.05, 3.63) is 0 Å². The fourth-order valence-electron chi connectivity index (χ4n) is 2.82. The summed E-state index contributed by atoms with van der Waals surface area (Å²) >= 11 is 0. The third-order valence-electron chi connectivity index (χ3n) is 4.20. The Morgan fingerprint density at radius 2 is 2.00 bits per heavy atom. The van der Waals surface area contributed by atoms with Gasteiger partial charge >= 0.3 is 12.0 Å². The van der Waals surface area contributed by atoms with E-state index in [9.17, 15) is 14.7 Å². The fourth-order valence-corrected chi connectivity index (χ4v) is 2.82. The quantitative estimate of drug-likeness (QED) is 0.805. The maximum atomic E-state index is 12.2. The smallest absolute Gasteiger partial charge is 0.329 e. The Labute approximate surface area is 108 Å². The summed E-state index contributed by atoms with van der Waals surface area (Å²) in [4.78, 5) is 25.4. The molecule has 0 spiro atoms. The molecule has 1 unspecified atom stereocenters. The van der Waals surface area contributed by atoms with Crippen molar-refractivity contribution in [2.45, 2.75) is 63.5 Å². The highest BCUT2D eigenvalue weighted by molar-refractivity contribution is 5.87. The molecule has 2 amide bonds. The molecule has 1 saturated heterocycles. The van der Waals surface area contributed by atoms with E-state index in [-0.39, 0.29) is 11.6 Å². The fraction of sp³-hybridized carbons (Fsp3) is 0.846. The van der Waals surface area contributed by atoms with Crippen molar-refractivity contribution in [1.82, 2.24) is 10.2 Å². The number of carbonyl (C=O) groups is 2. The Balaban J connectivity index is 2.13. The van der Waals surface area contributed by atoms with Gasteiger partial charge in [-0.05, 0) is 39.0 Å². The lowest BCUT2D eigenvalue weighted by molar-refractivity contribution is -0.148. The molecule has 0 bridgehead atoms. The lowest BCUT2D eigenvalue weighted by Crippen LogP contribution is -2.57. The molecule has 1 atom stereocenters. The maximum absolute atomic E-state index is 12.2. The van der Waals surface area contributed by atoms with Crippen molar-refractivity contribution < 1.29 is 14.7 Å². The maximum Gasteiger partial charge on any atom is 0.329 e. The zero-order valence-corrected chi connectivity index (χ0v) is 11.2. The first-order valence-corrected chi connectivity index (χ1v) is 6.77. The van der Waals surface area contributed by atoms with Gasteiger partial charge in [-0.15, -0.1) is 0 Å². The average molecular weight is 254 g/mol. The van der Waals surface area contributed by atoms with Crippen molar-refractivity contribution >= 4 is 12.0 Å². The monoisotopic (exact) mass is 254 g/mol. The highest BCUT2D eigenvalue weighted by Gasteiger charge is 2.51. The van der Waals surface area contributed by atoms with Crippen LogP contribution in [0.4, 0.5) is 4.79 Å². The molecule has 0 aromatic carbocycles. The highest BCUT2D eigenvalue weighted by Crippen LogP contribution is 2.37. The molecule has 5 heteroatoms. The summed E-state index contributed by atoms with van der Waals surface area (Å²) in [6.07, 6.45) is 4.62. The Bertz CT molecular complexity index is 365. The molecule has 102 valence electrons. The molecule has 18 heavy (non-hydrogen) atoms. The zero-order valence-electron chi connectivity index (χ0n) is 11.2. The summed E-state index contributed by atoms with van der Waals surface area (Å²) in [7, 11) is 0. The molecule has 0 aromatic rings. The van der Waals surface area contributed by atoms with Gasteiger partial charge in [-0.3, -0.25) is 0 Å². The van der Waals surface area contributed by atoms with E-state index in [1.807, 2.05) is 13.8 Å². The van der Waals surface area contributed by atoms with Crippen LogP contribution in [0.1, 0.15) is 52.4 Å². The van der Waals surface area contributed by atoms with Gasteiger partial charge in [0.05, 0.1) is 0 Å². The van der Waals surface area contributed by atoms with Gasteiger partial charge in [0.15, 0.2) is 0 Å². The summed E-state index contributed by atoms with van der Waals surface area (Å²) in [6, 6.07) is -0.205. The minimum absolute atomic E-state index is 0.101. The van der Waals surface area contributed by atoms with E-state index in [2.05, 4.69) is 5.32 Å².